The molecule has 0 aromatic heterocycles. The third-order valence-electron chi connectivity index (χ3n) is 2.17. The van der Waals surface area contributed by atoms with Gasteiger partial charge in [0.25, 0.3) is 0 Å². The Balaban J connectivity index is 2.17. The highest BCUT2D eigenvalue weighted by molar-refractivity contribution is 4.95. The quantitative estimate of drug-likeness (QED) is 0.568. The van der Waals surface area contributed by atoms with Crippen molar-refractivity contribution in [1.29, 1.82) is 0 Å². The normalized spacial score (nSPS) is 32.6. The van der Waals surface area contributed by atoms with Crippen LogP contribution in [0.15, 0.2) is 0 Å². The molecule has 48 valence electrons. The summed E-state index contributed by atoms with van der Waals surface area (Å²) in [6.45, 7) is 5.86. The molecular weight excluding hydrogens is 98.1 g/mol. The zero-order valence-corrected chi connectivity index (χ0v) is 5.99. The molecule has 1 fully saturated rings. The van der Waals surface area contributed by atoms with Gasteiger partial charge in [-0.05, 0) is 31.3 Å². The van der Waals surface area contributed by atoms with Gasteiger partial charge in [0, 0.05) is 0 Å². The van der Waals surface area contributed by atoms with Crippen molar-refractivity contribution in [3.05, 3.63) is 0 Å². The summed E-state index contributed by atoms with van der Waals surface area (Å²) in [5.74, 6) is 0.951. The van der Waals surface area contributed by atoms with Crippen LogP contribution in [0.3, 0.4) is 0 Å². The van der Waals surface area contributed by atoms with Gasteiger partial charge >= 0.3 is 0 Å². The standard InChI is InChI=1S/C7H15N/c1-7(2)4-6(7)5-8-3/h6,8H,4-5H2,1-3H3. The number of nitrogens with one attached hydrogen (secondary N) is 1. The summed E-state index contributed by atoms with van der Waals surface area (Å²) in [7, 11) is 2.02. The first-order valence-electron chi connectivity index (χ1n) is 3.31. The van der Waals surface area contributed by atoms with Gasteiger partial charge in [-0.3, -0.25) is 0 Å². The number of rotatable bonds is 2. The molecule has 0 amide bonds. The highest BCUT2D eigenvalue weighted by Crippen LogP contribution is 2.50. The molecule has 1 nitrogen and oxygen atoms in total. The van der Waals surface area contributed by atoms with E-state index in [0.29, 0.717) is 5.41 Å². The van der Waals surface area contributed by atoms with Crippen molar-refractivity contribution < 1.29 is 0 Å². The predicted octanol–water partition coefficient (Wildman–Crippen LogP) is 1.25. The minimum atomic E-state index is 0.656. The predicted molar refractivity (Wildman–Crippen MR) is 35.8 cm³/mol. The summed E-state index contributed by atoms with van der Waals surface area (Å²) >= 11 is 0. The molecule has 1 N–H and O–H groups in total. The van der Waals surface area contributed by atoms with Gasteiger partial charge in [0.2, 0.25) is 0 Å². The molecule has 1 rings (SSSR count). The van der Waals surface area contributed by atoms with Crippen LogP contribution in [0.4, 0.5) is 0 Å². The van der Waals surface area contributed by atoms with Gasteiger partial charge in [-0.2, -0.15) is 0 Å². The van der Waals surface area contributed by atoms with Crippen LogP contribution in [0, 0.1) is 11.3 Å². The molecule has 8 heavy (non-hydrogen) atoms. The van der Waals surface area contributed by atoms with E-state index in [4.69, 9.17) is 0 Å². The van der Waals surface area contributed by atoms with E-state index in [1.54, 1.807) is 0 Å². The maximum absolute atomic E-state index is 3.19. The van der Waals surface area contributed by atoms with Crippen LogP contribution < -0.4 is 5.32 Å². The molecule has 0 heterocycles. The van der Waals surface area contributed by atoms with E-state index in [0.717, 1.165) is 5.92 Å². The van der Waals surface area contributed by atoms with Gasteiger partial charge in [0.1, 0.15) is 0 Å². The Morgan fingerprint density at radius 2 is 2.12 bits per heavy atom. The first kappa shape index (κ1) is 6.09. The zero-order valence-electron chi connectivity index (χ0n) is 5.99. The second kappa shape index (κ2) is 1.73. The first-order chi connectivity index (χ1) is 3.67. The molecule has 1 atom stereocenters. The van der Waals surface area contributed by atoms with Crippen molar-refractivity contribution in [3.8, 4) is 0 Å². The molecular formula is C7H15N. The third kappa shape index (κ3) is 1.03. The largest absolute Gasteiger partial charge is 0.319 e. The molecule has 1 saturated carbocycles. The smallest absolute Gasteiger partial charge is 0.00182 e. The van der Waals surface area contributed by atoms with Crippen molar-refractivity contribution in [1.82, 2.24) is 5.32 Å². The lowest BCUT2D eigenvalue weighted by molar-refractivity contribution is 0.539. The Bertz CT molecular complexity index is 86.4. The van der Waals surface area contributed by atoms with Crippen LogP contribution in [0.5, 0.6) is 0 Å². The first-order valence-corrected chi connectivity index (χ1v) is 3.31. The molecule has 0 bridgehead atoms. The fourth-order valence-corrected chi connectivity index (χ4v) is 1.17. The van der Waals surface area contributed by atoms with Crippen molar-refractivity contribution in [2.24, 2.45) is 11.3 Å². The highest BCUT2D eigenvalue weighted by Gasteiger charge is 2.44. The van der Waals surface area contributed by atoms with Gasteiger partial charge in [0.05, 0.1) is 0 Å². The third-order valence-corrected chi connectivity index (χ3v) is 2.17. The number of hydrogen-bond acceptors (Lipinski definition) is 1. The Kier molecular flexibility index (Phi) is 1.31. The fourth-order valence-electron chi connectivity index (χ4n) is 1.17. The molecule has 1 unspecified atom stereocenters. The van der Waals surface area contributed by atoms with Gasteiger partial charge in [0.15, 0.2) is 0 Å². The van der Waals surface area contributed by atoms with Crippen molar-refractivity contribution >= 4 is 0 Å². The lowest BCUT2D eigenvalue weighted by Gasteiger charge is -1.99. The SMILES string of the molecule is CNCC1CC1(C)C. The lowest BCUT2D eigenvalue weighted by atomic mass is 10.1. The Hall–Kier alpha value is -0.0400. The maximum atomic E-state index is 3.19. The minimum Gasteiger partial charge on any atom is -0.319 e. The molecule has 1 aliphatic carbocycles. The topological polar surface area (TPSA) is 12.0 Å². The van der Waals surface area contributed by atoms with Crippen LogP contribution in [-0.4, -0.2) is 13.6 Å². The summed E-state index contributed by atoms with van der Waals surface area (Å²) in [6, 6.07) is 0. The van der Waals surface area contributed by atoms with Crippen LogP contribution in [0.2, 0.25) is 0 Å². The summed E-state index contributed by atoms with van der Waals surface area (Å²) < 4.78 is 0. The Morgan fingerprint density at radius 3 is 2.25 bits per heavy atom. The van der Waals surface area contributed by atoms with Crippen LogP contribution >= 0.6 is 0 Å². The molecule has 0 saturated heterocycles. The fraction of sp³-hybridized carbons (Fsp3) is 1.00. The average Bonchev–Trinajstić information content (AvgIpc) is 2.15. The monoisotopic (exact) mass is 113 g/mol. The van der Waals surface area contributed by atoms with Crippen molar-refractivity contribution in [2.75, 3.05) is 13.6 Å². The number of hydrogen-bond donors (Lipinski definition) is 1. The molecule has 0 aromatic rings. The van der Waals surface area contributed by atoms with E-state index in [9.17, 15) is 0 Å². The van der Waals surface area contributed by atoms with E-state index in [1.807, 2.05) is 7.05 Å². The molecule has 0 aromatic carbocycles. The van der Waals surface area contributed by atoms with E-state index in [1.165, 1.54) is 13.0 Å². The van der Waals surface area contributed by atoms with Crippen LogP contribution in [-0.2, 0) is 0 Å². The van der Waals surface area contributed by atoms with E-state index in [-0.39, 0.29) is 0 Å². The van der Waals surface area contributed by atoms with E-state index in [2.05, 4.69) is 19.2 Å². The average molecular weight is 113 g/mol. The highest BCUT2D eigenvalue weighted by atomic mass is 14.8. The van der Waals surface area contributed by atoms with Gasteiger partial charge in [-0.25, -0.2) is 0 Å². The van der Waals surface area contributed by atoms with E-state index >= 15 is 0 Å². The molecule has 0 radical (unpaired) electrons. The maximum Gasteiger partial charge on any atom is -0.00182 e. The summed E-state index contributed by atoms with van der Waals surface area (Å²) in [5.41, 5.74) is 0.656. The summed E-state index contributed by atoms with van der Waals surface area (Å²) in [5, 5.41) is 3.19. The van der Waals surface area contributed by atoms with Gasteiger partial charge in [-0.1, -0.05) is 13.8 Å². The Labute approximate surface area is 51.5 Å². The molecule has 0 aliphatic heterocycles. The molecule has 0 spiro atoms. The van der Waals surface area contributed by atoms with Crippen LogP contribution in [0.1, 0.15) is 20.3 Å². The van der Waals surface area contributed by atoms with Gasteiger partial charge in [-0.15, -0.1) is 0 Å². The zero-order chi connectivity index (χ0) is 6.20. The van der Waals surface area contributed by atoms with Crippen molar-refractivity contribution in [3.63, 3.8) is 0 Å². The van der Waals surface area contributed by atoms with Gasteiger partial charge < -0.3 is 5.32 Å². The minimum absolute atomic E-state index is 0.656. The van der Waals surface area contributed by atoms with Crippen molar-refractivity contribution in [2.45, 2.75) is 20.3 Å². The lowest BCUT2D eigenvalue weighted by Crippen LogP contribution is -2.12. The Morgan fingerprint density at radius 1 is 1.62 bits per heavy atom. The van der Waals surface area contributed by atoms with E-state index < -0.39 is 0 Å². The summed E-state index contributed by atoms with van der Waals surface area (Å²) in [4.78, 5) is 0. The second-order valence-corrected chi connectivity index (χ2v) is 3.45. The molecule has 1 heteroatoms. The molecule has 1 aliphatic rings. The second-order valence-electron chi connectivity index (χ2n) is 3.45. The van der Waals surface area contributed by atoms with Crippen LogP contribution in [0.25, 0.3) is 0 Å². The summed E-state index contributed by atoms with van der Waals surface area (Å²) in [6.07, 6.45) is 1.41.